The van der Waals surface area contributed by atoms with Crippen LogP contribution in [0.1, 0.15) is 15.9 Å². The molecule has 16 heavy (non-hydrogen) atoms. The summed E-state index contributed by atoms with van der Waals surface area (Å²) in [7, 11) is 0. The fraction of sp³-hybridized carbons (Fsp3) is 0.0909. The van der Waals surface area contributed by atoms with Crippen molar-refractivity contribution in [2.45, 2.75) is 6.92 Å². The van der Waals surface area contributed by atoms with E-state index in [1.165, 1.54) is 0 Å². The van der Waals surface area contributed by atoms with Crippen LogP contribution in [0.3, 0.4) is 0 Å². The average molecular weight is 328 g/mol. The molecular weight excluding hydrogens is 319 g/mol. The number of aryl methyl sites for hydroxylation is 1. The highest BCUT2D eigenvalue weighted by molar-refractivity contribution is 14.1. The van der Waals surface area contributed by atoms with Crippen LogP contribution in [0.4, 0.5) is 0 Å². The molecular formula is C11H9IN2O2. The maximum absolute atomic E-state index is 11.1. The van der Waals surface area contributed by atoms with E-state index in [0.29, 0.717) is 5.69 Å². The van der Waals surface area contributed by atoms with E-state index in [2.05, 4.69) is 27.7 Å². The van der Waals surface area contributed by atoms with Gasteiger partial charge in [-0.1, -0.05) is 6.07 Å². The molecule has 0 saturated carbocycles. The van der Waals surface area contributed by atoms with E-state index in [9.17, 15) is 4.79 Å². The number of rotatable bonds is 2. The highest BCUT2D eigenvalue weighted by atomic mass is 127. The Labute approximate surface area is 106 Å². The van der Waals surface area contributed by atoms with Gasteiger partial charge >= 0.3 is 5.97 Å². The first-order valence-corrected chi connectivity index (χ1v) is 5.70. The smallest absolute Gasteiger partial charge is 0.337 e. The maximum atomic E-state index is 11.1. The Hall–Kier alpha value is -1.37. The molecule has 0 aliphatic carbocycles. The topological polar surface area (TPSA) is 55.1 Å². The number of aromatic nitrogens is 2. The fourth-order valence-corrected chi connectivity index (χ4v) is 1.83. The van der Waals surface area contributed by atoms with Gasteiger partial charge in [-0.15, -0.1) is 0 Å². The summed E-state index contributed by atoms with van der Waals surface area (Å²) >= 11 is 2.13. The molecule has 0 unspecified atom stereocenters. The Morgan fingerprint density at radius 2 is 2.25 bits per heavy atom. The van der Waals surface area contributed by atoms with Gasteiger partial charge in [-0.05, 0) is 47.2 Å². The third kappa shape index (κ3) is 2.08. The van der Waals surface area contributed by atoms with Gasteiger partial charge in [-0.3, -0.25) is 0 Å². The van der Waals surface area contributed by atoms with Crippen molar-refractivity contribution in [3.8, 4) is 5.69 Å². The predicted molar refractivity (Wildman–Crippen MR) is 68.0 cm³/mol. The Morgan fingerprint density at radius 3 is 2.81 bits per heavy atom. The first kappa shape index (κ1) is 11.1. The molecule has 1 heterocycles. The molecule has 0 aliphatic rings. The summed E-state index contributed by atoms with van der Waals surface area (Å²) in [4.78, 5) is 11.1. The van der Waals surface area contributed by atoms with Crippen molar-refractivity contribution >= 4 is 28.6 Å². The molecule has 2 rings (SSSR count). The normalized spacial score (nSPS) is 10.4. The number of halogens is 1. The number of aromatic carboxylic acids is 1. The number of hydrogen-bond acceptors (Lipinski definition) is 2. The quantitative estimate of drug-likeness (QED) is 0.862. The molecule has 1 N–H and O–H groups in total. The van der Waals surface area contributed by atoms with E-state index in [4.69, 9.17) is 5.11 Å². The van der Waals surface area contributed by atoms with Gasteiger partial charge in [-0.2, -0.15) is 5.10 Å². The molecule has 0 spiro atoms. The van der Waals surface area contributed by atoms with Gasteiger partial charge in [0.05, 0.1) is 21.0 Å². The summed E-state index contributed by atoms with van der Waals surface area (Å²) in [5.41, 5.74) is 1.85. The minimum Gasteiger partial charge on any atom is -0.478 e. The number of carboxylic acid groups (broad SMARTS) is 1. The number of nitrogens with zero attached hydrogens (tertiary/aromatic N) is 2. The first-order chi connectivity index (χ1) is 7.58. The Bertz CT molecular complexity index is 549. The van der Waals surface area contributed by atoms with Crippen LogP contribution in [0.5, 0.6) is 0 Å². The minimum absolute atomic E-state index is 0.255. The second-order valence-electron chi connectivity index (χ2n) is 3.43. The van der Waals surface area contributed by atoms with Crippen LogP contribution in [0.2, 0.25) is 0 Å². The van der Waals surface area contributed by atoms with E-state index in [-0.39, 0.29) is 5.56 Å². The highest BCUT2D eigenvalue weighted by Gasteiger charge is 2.12. The molecule has 0 aliphatic heterocycles. The van der Waals surface area contributed by atoms with Crippen LogP contribution >= 0.6 is 22.6 Å². The molecule has 2 aromatic rings. The highest BCUT2D eigenvalue weighted by Crippen LogP contribution is 2.17. The van der Waals surface area contributed by atoms with Crippen molar-refractivity contribution in [3.63, 3.8) is 0 Å². The zero-order valence-electron chi connectivity index (χ0n) is 8.51. The van der Waals surface area contributed by atoms with Crippen LogP contribution in [-0.4, -0.2) is 20.9 Å². The van der Waals surface area contributed by atoms with Crippen molar-refractivity contribution in [2.24, 2.45) is 0 Å². The zero-order valence-corrected chi connectivity index (χ0v) is 10.7. The van der Waals surface area contributed by atoms with Crippen molar-refractivity contribution in [1.82, 2.24) is 9.78 Å². The average Bonchev–Trinajstić information content (AvgIpc) is 2.64. The summed E-state index contributed by atoms with van der Waals surface area (Å²) in [6, 6.07) is 5.19. The summed E-state index contributed by atoms with van der Waals surface area (Å²) in [6.45, 7) is 1.92. The number of benzene rings is 1. The first-order valence-electron chi connectivity index (χ1n) is 4.62. The van der Waals surface area contributed by atoms with Crippen molar-refractivity contribution in [1.29, 1.82) is 0 Å². The van der Waals surface area contributed by atoms with E-state index in [1.807, 2.05) is 13.0 Å². The van der Waals surface area contributed by atoms with Gasteiger partial charge in [0.15, 0.2) is 0 Å². The van der Waals surface area contributed by atoms with Crippen LogP contribution < -0.4 is 0 Å². The molecule has 0 atom stereocenters. The summed E-state index contributed by atoms with van der Waals surface area (Å²) in [5.74, 6) is -0.944. The van der Waals surface area contributed by atoms with Gasteiger partial charge in [0.2, 0.25) is 0 Å². The molecule has 5 heteroatoms. The lowest BCUT2D eigenvalue weighted by atomic mass is 10.1. The molecule has 4 nitrogen and oxygen atoms in total. The van der Waals surface area contributed by atoms with Gasteiger partial charge in [0.1, 0.15) is 0 Å². The predicted octanol–water partition coefficient (Wildman–Crippen LogP) is 2.48. The van der Waals surface area contributed by atoms with E-state index in [1.54, 1.807) is 29.2 Å². The second kappa shape index (κ2) is 4.25. The molecule has 0 saturated heterocycles. The van der Waals surface area contributed by atoms with Crippen LogP contribution in [-0.2, 0) is 0 Å². The van der Waals surface area contributed by atoms with Crippen LogP contribution in [0, 0.1) is 10.5 Å². The lowest BCUT2D eigenvalue weighted by Gasteiger charge is -2.06. The van der Waals surface area contributed by atoms with Crippen molar-refractivity contribution < 1.29 is 9.90 Å². The largest absolute Gasteiger partial charge is 0.478 e. The SMILES string of the molecule is Cc1ccc(C(=O)O)c(-n2cc(I)cn2)c1. The minimum atomic E-state index is -0.944. The van der Waals surface area contributed by atoms with Gasteiger partial charge in [0, 0.05) is 6.20 Å². The second-order valence-corrected chi connectivity index (χ2v) is 4.67. The summed E-state index contributed by atoms with van der Waals surface area (Å²) < 4.78 is 2.55. The molecule has 1 aromatic heterocycles. The van der Waals surface area contributed by atoms with Crippen LogP contribution in [0.15, 0.2) is 30.6 Å². The van der Waals surface area contributed by atoms with Crippen LogP contribution in [0.25, 0.3) is 5.69 Å². The molecule has 0 bridgehead atoms. The Balaban J connectivity index is 2.62. The molecule has 0 fully saturated rings. The summed E-state index contributed by atoms with van der Waals surface area (Å²) in [6.07, 6.45) is 3.48. The van der Waals surface area contributed by atoms with Gasteiger partial charge in [-0.25, -0.2) is 9.48 Å². The molecule has 0 amide bonds. The van der Waals surface area contributed by atoms with E-state index < -0.39 is 5.97 Å². The lowest BCUT2D eigenvalue weighted by Crippen LogP contribution is -2.06. The zero-order chi connectivity index (χ0) is 11.7. The monoisotopic (exact) mass is 328 g/mol. The third-order valence-electron chi connectivity index (χ3n) is 2.18. The standard InChI is InChI=1S/C11H9IN2O2/c1-7-2-3-9(11(15)16)10(4-7)14-6-8(12)5-13-14/h2-6H,1H3,(H,15,16). The van der Waals surface area contributed by atoms with Crippen molar-refractivity contribution in [2.75, 3.05) is 0 Å². The van der Waals surface area contributed by atoms with E-state index in [0.717, 1.165) is 9.13 Å². The van der Waals surface area contributed by atoms with Crippen molar-refractivity contribution in [3.05, 3.63) is 45.3 Å². The summed E-state index contributed by atoms with van der Waals surface area (Å²) in [5, 5.41) is 13.2. The number of hydrogen-bond donors (Lipinski definition) is 1. The molecule has 1 aromatic carbocycles. The number of carbonyl (C=O) groups is 1. The van der Waals surface area contributed by atoms with E-state index >= 15 is 0 Å². The Morgan fingerprint density at radius 1 is 1.50 bits per heavy atom. The van der Waals surface area contributed by atoms with Gasteiger partial charge < -0.3 is 5.11 Å². The number of carboxylic acids is 1. The fourth-order valence-electron chi connectivity index (χ4n) is 1.44. The maximum Gasteiger partial charge on any atom is 0.337 e. The molecule has 0 radical (unpaired) electrons. The molecule has 82 valence electrons. The van der Waals surface area contributed by atoms with Gasteiger partial charge in [0.25, 0.3) is 0 Å². The Kier molecular flexibility index (Phi) is 2.95. The lowest BCUT2D eigenvalue weighted by molar-refractivity contribution is 0.0696. The third-order valence-corrected chi connectivity index (χ3v) is 2.74.